The Morgan fingerprint density at radius 3 is 2.48 bits per heavy atom. The molecule has 1 aromatic rings. The van der Waals surface area contributed by atoms with Crippen molar-refractivity contribution in [3.8, 4) is 5.75 Å². The molecule has 0 bridgehead atoms. The zero-order chi connectivity index (χ0) is 17.1. The molecule has 2 rings (SSSR count). The Morgan fingerprint density at radius 2 is 1.96 bits per heavy atom. The summed E-state index contributed by atoms with van der Waals surface area (Å²) in [6, 6.07) is 4.93. The Bertz CT molecular complexity index is 557. The molecule has 9 heteroatoms. The summed E-state index contributed by atoms with van der Waals surface area (Å²) in [5.41, 5.74) is 6.05. The third-order valence-electron chi connectivity index (χ3n) is 3.39. The Balaban J connectivity index is 1.85. The first-order valence-corrected chi connectivity index (χ1v) is 6.93. The van der Waals surface area contributed by atoms with Gasteiger partial charge >= 0.3 is 6.36 Å². The summed E-state index contributed by atoms with van der Waals surface area (Å²) in [4.78, 5) is 3.99. The monoisotopic (exact) mass is 337 g/mol. The third kappa shape index (κ3) is 5.91. The van der Waals surface area contributed by atoms with Gasteiger partial charge in [0.25, 0.3) is 0 Å². The molecule has 1 atom stereocenters. The highest BCUT2D eigenvalue weighted by atomic mass is 19.4. The molecule has 0 radical (unpaired) electrons. The molecule has 1 aliphatic rings. The molecule has 4 nitrogen and oxygen atoms in total. The lowest BCUT2D eigenvalue weighted by Crippen LogP contribution is -2.24. The van der Waals surface area contributed by atoms with Gasteiger partial charge in [-0.15, -0.1) is 13.2 Å². The first kappa shape index (κ1) is 17.3. The van der Waals surface area contributed by atoms with E-state index in [0.29, 0.717) is 12.1 Å². The zero-order valence-electron chi connectivity index (χ0n) is 12.0. The van der Waals surface area contributed by atoms with E-state index in [1.165, 1.54) is 12.1 Å². The third-order valence-corrected chi connectivity index (χ3v) is 3.39. The van der Waals surface area contributed by atoms with Crippen molar-refractivity contribution in [2.45, 2.75) is 31.5 Å². The van der Waals surface area contributed by atoms with Crippen molar-refractivity contribution in [1.82, 2.24) is 0 Å². The zero-order valence-corrected chi connectivity index (χ0v) is 12.0. The Kier molecular flexibility index (Phi) is 4.96. The fourth-order valence-corrected chi connectivity index (χ4v) is 2.35. The predicted molar refractivity (Wildman–Crippen MR) is 75.5 cm³/mol. The summed E-state index contributed by atoms with van der Waals surface area (Å²) < 4.78 is 65.9. The van der Waals surface area contributed by atoms with Crippen molar-refractivity contribution in [3.63, 3.8) is 0 Å². The topological polar surface area (TPSA) is 59.6 Å². The van der Waals surface area contributed by atoms with Crippen molar-refractivity contribution >= 4 is 11.6 Å². The number of alkyl halides is 5. The average Bonchev–Trinajstić information content (AvgIpc) is 2.77. The van der Waals surface area contributed by atoms with Gasteiger partial charge in [0.15, 0.2) is 5.96 Å². The normalized spacial score (nSPS) is 21.3. The highest BCUT2D eigenvalue weighted by Gasteiger charge is 2.39. The van der Waals surface area contributed by atoms with E-state index < -0.39 is 12.3 Å². The van der Waals surface area contributed by atoms with Crippen LogP contribution in [0.25, 0.3) is 0 Å². The molecule has 0 saturated heterocycles. The van der Waals surface area contributed by atoms with Crippen LogP contribution in [0.1, 0.15) is 19.3 Å². The smallest absolute Gasteiger partial charge is 0.406 e. The SMILES string of the molecule is NC(=NCC1CCC(F)(F)C1)Nc1ccc(OC(F)(F)F)cc1. The molecule has 23 heavy (non-hydrogen) atoms. The molecule has 0 aliphatic heterocycles. The number of guanidine groups is 1. The molecular weight excluding hydrogens is 321 g/mol. The lowest BCUT2D eigenvalue weighted by Gasteiger charge is -2.11. The highest BCUT2D eigenvalue weighted by Crippen LogP contribution is 2.38. The van der Waals surface area contributed by atoms with Gasteiger partial charge in [-0.1, -0.05) is 0 Å². The van der Waals surface area contributed by atoms with Gasteiger partial charge in [0.1, 0.15) is 5.75 Å². The summed E-state index contributed by atoms with van der Waals surface area (Å²) in [5, 5.41) is 2.68. The van der Waals surface area contributed by atoms with Gasteiger partial charge in [-0.25, -0.2) is 8.78 Å². The second-order valence-electron chi connectivity index (χ2n) is 5.39. The molecule has 1 aromatic carbocycles. The van der Waals surface area contributed by atoms with E-state index in [2.05, 4.69) is 15.0 Å². The number of nitrogens with zero attached hydrogens (tertiary/aromatic N) is 1. The van der Waals surface area contributed by atoms with Crippen LogP contribution < -0.4 is 15.8 Å². The minimum Gasteiger partial charge on any atom is -0.406 e. The Morgan fingerprint density at radius 1 is 1.30 bits per heavy atom. The number of nitrogens with two attached hydrogens (primary N) is 1. The lowest BCUT2D eigenvalue weighted by molar-refractivity contribution is -0.274. The van der Waals surface area contributed by atoms with Crippen LogP contribution in [-0.4, -0.2) is 24.8 Å². The summed E-state index contributed by atoms with van der Waals surface area (Å²) >= 11 is 0. The summed E-state index contributed by atoms with van der Waals surface area (Å²) in [6.45, 7) is 0.184. The number of anilines is 1. The molecule has 1 saturated carbocycles. The standard InChI is InChI=1S/C14H16F5N3O/c15-13(16)6-5-9(7-13)8-21-12(20)22-10-1-3-11(4-2-10)23-14(17,18)19/h1-4,9H,5-8H2,(H3,20,21,22). The van der Waals surface area contributed by atoms with Crippen molar-refractivity contribution < 1.29 is 26.7 Å². The number of hydrogen-bond donors (Lipinski definition) is 2. The number of halogens is 5. The highest BCUT2D eigenvalue weighted by molar-refractivity contribution is 5.92. The van der Waals surface area contributed by atoms with Crippen molar-refractivity contribution in [2.24, 2.45) is 16.6 Å². The van der Waals surface area contributed by atoms with E-state index in [9.17, 15) is 22.0 Å². The van der Waals surface area contributed by atoms with Crippen LogP contribution in [0.4, 0.5) is 27.6 Å². The van der Waals surface area contributed by atoms with Crippen molar-refractivity contribution in [1.29, 1.82) is 0 Å². The maximum Gasteiger partial charge on any atom is 0.573 e. The summed E-state index contributed by atoms with van der Waals surface area (Å²) in [5.74, 6) is -3.18. The largest absolute Gasteiger partial charge is 0.573 e. The van der Waals surface area contributed by atoms with Gasteiger partial charge in [0.05, 0.1) is 0 Å². The van der Waals surface area contributed by atoms with E-state index in [4.69, 9.17) is 5.73 Å². The van der Waals surface area contributed by atoms with Gasteiger partial charge in [-0.3, -0.25) is 4.99 Å². The fourth-order valence-electron chi connectivity index (χ4n) is 2.35. The number of benzene rings is 1. The van der Waals surface area contributed by atoms with Gasteiger partial charge in [-0.05, 0) is 36.6 Å². The van der Waals surface area contributed by atoms with Gasteiger partial charge in [-0.2, -0.15) is 0 Å². The van der Waals surface area contributed by atoms with Crippen LogP contribution in [0, 0.1) is 5.92 Å². The number of nitrogens with one attached hydrogen (secondary N) is 1. The minimum absolute atomic E-state index is 0.0182. The van der Waals surface area contributed by atoms with E-state index in [1.807, 2.05) is 0 Å². The molecule has 128 valence electrons. The van der Waals surface area contributed by atoms with Gasteiger partial charge in [0.2, 0.25) is 5.92 Å². The molecular formula is C14H16F5N3O. The van der Waals surface area contributed by atoms with E-state index in [0.717, 1.165) is 12.1 Å². The van der Waals surface area contributed by atoms with Gasteiger partial charge < -0.3 is 15.8 Å². The van der Waals surface area contributed by atoms with E-state index in [1.54, 1.807) is 0 Å². The number of hydrogen-bond acceptors (Lipinski definition) is 2. The van der Waals surface area contributed by atoms with Crippen LogP contribution in [0.2, 0.25) is 0 Å². The number of ether oxygens (including phenoxy) is 1. The van der Waals surface area contributed by atoms with Crippen LogP contribution in [0.5, 0.6) is 5.75 Å². The molecule has 0 aromatic heterocycles. The number of rotatable bonds is 4. The van der Waals surface area contributed by atoms with Crippen LogP contribution >= 0.6 is 0 Å². The first-order chi connectivity index (χ1) is 10.6. The second-order valence-corrected chi connectivity index (χ2v) is 5.39. The maximum atomic E-state index is 13.0. The first-order valence-electron chi connectivity index (χ1n) is 6.93. The summed E-state index contributed by atoms with van der Waals surface area (Å²) in [6.07, 6.45) is -4.69. The predicted octanol–water partition coefficient (Wildman–Crippen LogP) is 3.75. The number of aliphatic imine (C=N–C) groups is 1. The molecule has 0 spiro atoms. The molecule has 0 amide bonds. The molecule has 1 aliphatic carbocycles. The van der Waals surface area contributed by atoms with Crippen LogP contribution in [-0.2, 0) is 0 Å². The molecule has 3 N–H and O–H groups in total. The average molecular weight is 337 g/mol. The Labute approximate surface area is 129 Å². The van der Waals surface area contributed by atoms with Crippen LogP contribution in [0.3, 0.4) is 0 Å². The molecule has 0 heterocycles. The maximum absolute atomic E-state index is 13.0. The molecule has 1 unspecified atom stereocenters. The summed E-state index contributed by atoms with van der Waals surface area (Å²) in [7, 11) is 0. The molecule has 1 fully saturated rings. The van der Waals surface area contributed by atoms with Crippen molar-refractivity contribution in [2.75, 3.05) is 11.9 Å². The quantitative estimate of drug-likeness (QED) is 0.500. The van der Waals surface area contributed by atoms with Gasteiger partial charge in [0, 0.05) is 25.1 Å². The fraction of sp³-hybridized carbons (Fsp3) is 0.500. The lowest BCUT2D eigenvalue weighted by atomic mass is 10.1. The van der Waals surface area contributed by atoms with E-state index >= 15 is 0 Å². The Hall–Kier alpha value is -2.06. The van der Waals surface area contributed by atoms with Crippen molar-refractivity contribution in [3.05, 3.63) is 24.3 Å². The second kappa shape index (κ2) is 6.59. The van der Waals surface area contributed by atoms with Crippen LogP contribution in [0.15, 0.2) is 29.3 Å². The van der Waals surface area contributed by atoms with E-state index in [-0.39, 0.29) is 37.0 Å². The minimum atomic E-state index is -4.75.